The van der Waals surface area contributed by atoms with E-state index < -0.39 is 37.5 Å². The number of alkyl halides is 6. The van der Waals surface area contributed by atoms with E-state index in [9.17, 15) is 26.3 Å². The Morgan fingerprint density at radius 1 is 1.15 bits per heavy atom. The summed E-state index contributed by atoms with van der Waals surface area (Å²) in [5.41, 5.74) is 0. The number of hydrogen-bond acceptors (Lipinski definition) is 0. The molecule has 1 radical (unpaired) electrons. The SMILES string of the molecule is [CH2]CC(F)(F)[C@@H](F)CC(F)(F)CF. The van der Waals surface area contributed by atoms with Gasteiger partial charge in [0.15, 0.2) is 12.8 Å². The first kappa shape index (κ1) is 12.6. The standard InChI is InChI=1S/C7H9F6/c1-2-7(12,13)5(9)3-6(10,11)4-8/h5H,1-4H2/t5-/m0/s1. The average molecular weight is 207 g/mol. The summed E-state index contributed by atoms with van der Waals surface area (Å²) < 4.78 is 72.7. The maximum Gasteiger partial charge on any atom is 0.278 e. The van der Waals surface area contributed by atoms with Crippen LogP contribution in [-0.2, 0) is 0 Å². The molecule has 0 saturated carbocycles. The van der Waals surface area contributed by atoms with Gasteiger partial charge in [0.1, 0.15) is 0 Å². The third-order valence-corrected chi connectivity index (χ3v) is 1.46. The molecule has 0 aromatic heterocycles. The molecule has 0 aromatic rings. The number of hydrogen-bond donors (Lipinski definition) is 0. The van der Waals surface area contributed by atoms with Crippen LogP contribution in [0.2, 0.25) is 0 Å². The molecule has 0 rings (SSSR count). The van der Waals surface area contributed by atoms with Gasteiger partial charge in [-0.05, 0) is 6.92 Å². The van der Waals surface area contributed by atoms with Gasteiger partial charge in [0.25, 0.3) is 11.8 Å². The zero-order valence-corrected chi connectivity index (χ0v) is 6.67. The second kappa shape index (κ2) is 4.19. The Balaban J connectivity index is 4.22. The Bertz CT molecular complexity index is 155. The summed E-state index contributed by atoms with van der Waals surface area (Å²) in [4.78, 5) is 0. The van der Waals surface area contributed by atoms with Crippen LogP contribution in [0.5, 0.6) is 0 Å². The Hall–Kier alpha value is -0.420. The van der Waals surface area contributed by atoms with Crippen molar-refractivity contribution >= 4 is 0 Å². The highest BCUT2D eigenvalue weighted by atomic mass is 19.3. The van der Waals surface area contributed by atoms with E-state index in [-0.39, 0.29) is 0 Å². The highest BCUT2D eigenvalue weighted by Gasteiger charge is 2.45. The normalized spacial score (nSPS) is 15.9. The minimum atomic E-state index is -4.03. The molecule has 0 bridgehead atoms. The first-order valence-corrected chi connectivity index (χ1v) is 3.50. The van der Waals surface area contributed by atoms with Gasteiger partial charge in [-0.25, -0.2) is 26.3 Å². The molecule has 0 aliphatic rings. The summed E-state index contributed by atoms with van der Waals surface area (Å²) in [7, 11) is 0. The van der Waals surface area contributed by atoms with Gasteiger partial charge in [0, 0.05) is 6.42 Å². The van der Waals surface area contributed by atoms with Crippen molar-refractivity contribution in [3.05, 3.63) is 6.92 Å². The topological polar surface area (TPSA) is 0 Å². The number of halogens is 6. The fourth-order valence-electron chi connectivity index (χ4n) is 0.623. The van der Waals surface area contributed by atoms with Crippen LogP contribution in [0.4, 0.5) is 26.3 Å². The lowest BCUT2D eigenvalue weighted by atomic mass is 10.1. The Labute approximate surface area is 71.9 Å². The Morgan fingerprint density at radius 3 is 1.92 bits per heavy atom. The van der Waals surface area contributed by atoms with Gasteiger partial charge in [-0.3, -0.25) is 0 Å². The lowest BCUT2D eigenvalue weighted by Gasteiger charge is -2.22. The summed E-state index contributed by atoms with van der Waals surface area (Å²) in [5, 5.41) is 0. The molecule has 0 aliphatic heterocycles. The molecule has 0 saturated heterocycles. The molecule has 0 amide bonds. The third-order valence-electron chi connectivity index (χ3n) is 1.46. The molecule has 6 heteroatoms. The molecule has 0 nitrogen and oxygen atoms in total. The molecule has 0 unspecified atom stereocenters. The molecule has 0 fully saturated rings. The Morgan fingerprint density at radius 2 is 1.62 bits per heavy atom. The van der Waals surface area contributed by atoms with E-state index in [0.717, 1.165) is 0 Å². The highest BCUT2D eigenvalue weighted by molar-refractivity contribution is 4.82. The molecule has 79 valence electrons. The fourth-order valence-corrected chi connectivity index (χ4v) is 0.623. The van der Waals surface area contributed by atoms with E-state index in [1.807, 2.05) is 0 Å². The molecule has 1 atom stereocenters. The van der Waals surface area contributed by atoms with Gasteiger partial charge in [0.2, 0.25) is 0 Å². The summed E-state index contributed by atoms with van der Waals surface area (Å²) in [6, 6.07) is 0. The zero-order valence-electron chi connectivity index (χ0n) is 6.67. The highest BCUT2D eigenvalue weighted by Crippen LogP contribution is 2.33. The van der Waals surface area contributed by atoms with Crippen LogP contribution in [0.3, 0.4) is 0 Å². The van der Waals surface area contributed by atoms with Crippen LogP contribution in [0.15, 0.2) is 0 Å². The van der Waals surface area contributed by atoms with Crippen LogP contribution in [-0.4, -0.2) is 24.7 Å². The molecule has 0 spiro atoms. The lowest BCUT2D eigenvalue weighted by molar-refractivity contribution is -0.121. The van der Waals surface area contributed by atoms with Crippen LogP contribution in [0, 0.1) is 6.92 Å². The minimum Gasteiger partial charge on any atom is -0.244 e. The smallest absolute Gasteiger partial charge is 0.244 e. The monoisotopic (exact) mass is 207 g/mol. The van der Waals surface area contributed by atoms with E-state index >= 15 is 0 Å². The fraction of sp³-hybridized carbons (Fsp3) is 0.857. The van der Waals surface area contributed by atoms with Crippen molar-refractivity contribution in [1.82, 2.24) is 0 Å². The van der Waals surface area contributed by atoms with Gasteiger partial charge >= 0.3 is 0 Å². The zero-order chi connectivity index (χ0) is 10.7. The minimum absolute atomic E-state index is 1.13. The second-order valence-electron chi connectivity index (χ2n) is 2.67. The van der Waals surface area contributed by atoms with E-state index in [2.05, 4.69) is 6.92 Å². The first-order chi connectivity index (χ1) is 5.75. The van der Waals surface area contributed by atoms with Crippen molar-refractivity contribution in [3.8, 4) is 0 Å². The largest absolute Gasteiger partial charge is 0.278 e. The van der Waals surface area contributed by atoms with Crippen molar-refractivity contribution in [2.45, 2.75) is 30.9 Å². The average Bonchev–Trinajstić information content (AvgIpc) is 2.04. The predicted octanol–water partition coefficient (Wildman–Crippen LogP) is 3.18. The lowest BCUT2D eigenvalue weighted by Crippen LogP contribution is -2.35. The predicted molar refractivity (Wildman–Crippen MR) is 35.4 cm³/mol. The maximum absolute atomic E-state index is 12.4. The van der Waals surface area contributed by atoms with Gasteiger partial charge in [-0.1, -0.05) is 0 Å². The Kier molecular flexibility index (Phi) is 4.06. The third kappa shape index (κ3) is 3.87. The summed E-state index contributed by atoms with van der Waals surface area (Å²) in [5.74, 6) is -7.95. The van der Waals surface area contributed by atoms with Crippen molar-refractivity contribution < 1.29 is 26.3 Å². The van der Waals surface area contributed by atoms with Crippen LogP contribution in [0.25, 0.3) is 0 Å². The molecular weight excluding hydrogens is 198 g/mol. The second-order valence-corrected chi connectivity index (χ2v) is 2.67. The van der Waals surface area contributed by atoms with E-state index in [1.165, 1.54) is 0 Å². The van der Waals surface area contributed by atoms with Gasteiger partial charge in [-0.2, -0.15) is 0 Å². The molecule has 13 heavy (non-hydrogen) atoms. The van der Waals surface area contributed by atoms with Gasteiger partial charge in [-0.15, -0.1) is 0 Å². The van der Waals surface area contributed by atoms with Crippen molar-refractivity contribution in [1.29, 1.82) is 0 Å². The summed E-state index contributed by atoms with van der Waals surface area (Å²) in [6.07, 6.45) is -6.00. The molecular formula is C7H9F6. The van der Waals surface area contributed by atoms with Crippen molar-refractivity contribution in [3.63, 3.8) is 0 Å². The van der Waals surface area contributed by atoms with E-state index in [1.54, 1.807) is 0 Å². The quantitative estimate of drug-likeness (QED) is 0.607. The van der Waals surface area contributed by atoms with Crippen molar-refractivity contribution in [2.24, 2.45) is 0 Å². The van der Waals surface area contributed by atoms with Gasteiger partial charge < -0.3 is 0 Å². The van der Waals surface area contributed by atoms with Crippen LogP contribution in [0.1, 0.15) is 12.8 Å². The summed E-state index contributed by atoms with van der Waals surface area (Å²) >= 11 is 0. The van der Waals surface area contributed by atoms with E-state index in [4.69, 9.17) is 0 Å². The number of rotatable bonds is 5. The molecule has 0 aromatic carbocycles. The van der Waals surface area contributed by atoms with Gasteiger partial charge in [0.05, 0.1) is 6.42 Å². The van der Waals surface area contributed by atoms with Crippen LogP contribution >= 0.6 is 0 Å². The molecule has 0 aliphatic carbocycles. The van der Waals surface area contributed by atoms with Crippen LogP contribution < -0.4 is 0 Å². The first-order valence-electron chi connectivity index (χ1n) is 3.50. The summed E-state index contributed by atoms with van der Waals surface area (Å²) in [6.45, 7) is 0.567. The maximum atomic E-state index is 12.4. The van der Waals surface area contributed by atoms with Crippen molar-refractivity contribution in [2.75, 3.05) is 6.67 Å². The molecule has 0 N–H and O–H groups in total. The molecule has 0 heterocycles. The van der Waals surface area contributed by atoms with E-state index in [0.29, 0.717) is 0 Å².